The van der Waals surface area contributed by atoms with Crippen LogP contribution in [0.5, 0.6) is 0 Å². The van der Waals surface area contributed by atoms with Crippen molar-refractivity contribution in [3.05, 3.63) is 41.7 Å². The summed E-state index contributed by atoms with van der Waals surface area (Å²) in [4.78, 5) is 1.31. The second-order valence-corrected chi connectivity index (χ2v) is 3.90. The number of aromatic nitrogens is 2. The van der Waals surface area contributed by atoms with Gasteiger partial charge in [0.05, 0.1) is 5.69 Å². The lowest BCUT2D eigenvalue weighted by atomic mass is 10.1. The highest BCUT2D eigenvalue weighted by Crippen LogP contribution is 2.20. The second-order valence-electron chi connectivity index (χ2n) is 3.90. The number of anilines is 1. The predicted octanol–water partition coefficient (Wildman–Crippen LogP) is 2.51. The van der Waals surface area contributed by atoms with E-state index in [0.29, 0.717) is 17.1 Å². The van der Waals surface area contributed by atoms with Gasteiger partial charge in [-0.25, -0.2) is 4.39 Å². The number of hydrogen-bond donors (Lipinski definition) is 0. The van der Waals surface area contributed by atoms with Crippen LogP contribution in [0.15, 0.2) is 30.3 Å². The number of halogens is 1. The van der Waals surface area contributed by atoms with Crippen molar-refractivity contribution in [2.24, 2.45) is 0 Å². The van der Waals surface area contributed by atoms with Gasteiger partial charge in [0, 0.05) is 12.6 Å². The minimum atomic E-state index is -0.243. The molecule has 0 aliphatic heterocycles. The second kappa shape index (κ2) is 4.80. The van der Waals surface area contributed by atoms with Crippen molar-refractivity contribution in [2.75, 3.05) is 11.9 Å². The van der Waals surface area contributed by atoms with Crippen molar-refractivity contribution in [2.45, 2.75) is 6.92 Å². The molecule has 0 aliphatic carbocycles. The Morgan fingerprint density at radius 2 is 2.00 bits per heavy atom. The minimum absolute atomic E-state index is 0.243. The molecule has 0 radical (unpaired) electrons. The molecule has 0 fully saturated rings. The van der Waals surface area contributed by atoms with E-state index in [0.717, 1.165) is 5.56 Å². The van der Waals surface area contributed by atoms with Gasteiger partial charge >= 0.3 is 0 Å². The molecule has 0 bridgehead atoms. The quantitative estimate of drug-likeness (QED) is 0.599. The molecule has 0 N–H and O–H groups in total. The van der Waals surface area contributed by atoms with Gasteiger partial charge in [-0.05, 0) is 42.8 Å². The molecule has 1 aromatic heterocycles. The summed E-state index contributed by atoms with van der Waals surface area (Å²) < 4.78 is 13.2. The van der Waals surface area contributed by atoms with Gasteiger partial charge in [-0.15, -0.1) is 10.2 Å². The fraction of sp³-hybridized carbons (Fsp3) is 0.154. The van der Waals surface area contributed by atoms with Gasteiger partial charge in [0.1, 0.15) is 5.82 Å². The maximum atomic E-state index is 13.2. The molecule has 0 aliphatic rings. The first-order valence-corrected chi connectivity index (χ1v) is 5.35. The van der Waals surface area contributed by atoms with Gasteiger partial charge in [0.25, 0.3) is 0 Å². The van der Waals surface area contributed by atoms with Crippen molar-refractivity contribution >= 4 is 5.82 Å². The van der Waals surface area contributed by atoms with E-state index in [1.165, 1.54) is 11.0 Å². The van der Waals surface area contributed by atoms with E-state index < -0.39 is 0 Å². The number of hydrogen-bond acceptors (Lipinski definition) is 4. The van der Waals surface area contributed by atoms with Crippen LogP contribution in [0.25, 0.3) is 11.3 Å². The molecule has 0 atom stereocenters. The largest absolute Gasteiger partial charge is 0.265 e. The fourth-order valence-electron chi connectivity index (χ4n) is 1.51. The Morgan fingerprint density at radius 3 is 2.56 bits per heavy atom. The molecule has 0 amide bonds. The number of aryl methyl sites for hydroxylation is 1. The van der Waals surface area contributed by atoms with E-state index in [1.807, 2.05) is 6.19 Å². The van der Waals surface area contributed by atoms with E-state index in [1.54, 1.807) is 38.2 Å². The Bertz CT molecular complexity index is 601. The average Bonchev–Trinajstić information content (AvgIpc) is 2.41. The Hall–Kier alpha value is -2.48. The van der Waals surface area contributed by atoms with Gasteiger partial charge in [0.2, 0.25) is 0 Å². The van der Waals surface area contributed by atoms with E-state index in [4.69, 9.17) is 5.26 Å². The molecule has 90 valence electrons. The van der Waals surface area contributed by atoms with Crippen LogP contribution in [0.1, 0.15) is 5.56 Å². The normalized spacial score (nSPS) is 9.89. The van der Waals surface area contributed by atoms with Crippen molar-refractivity contribution in [3.8, 4) is 17.5 Å². The van der Waals surface area contributed by atoms with Gasteiger partial charge < -0.3 is 0 Å². The van der Waals surface area contributed by atoms with Crippen LogP contribution in [-0.4, -0.2) is 17.2 Å². The molecule has 2 rings (SSSR count). The summed E-state index contributed by atoms with van der Waals surface area (Å²) >= 11 is 0. The van der Waals surface area contributed by atoms with E-state index in [9.17, 15) is 4.39 Å². The van der Waals surface area contributed by atoms with Crippen LogP contribution in [0.2, 0.25) is 0 Å². The van der Waals surface area contributed by atoms with Crippen molar-refractivity contribution in [1.29, 1.82) is 5.26 Å². The molecule has 2 aromatic rings. The zero-order valence-electron chi connectivity index (χ0n) is 10.1. The lowest BCUT2D eigenvalue weighted by Crippen LogP contribution is -2.10. The lowest BCUT2D eigenvalue weighted by Gasteiger charge is -2.07. The maximum Gasteiger partial charge on any atom is 0.185 e. The molecular weight excluding hydrogens is 231 g/mol. The SMILES string of the molecule is Cc1cc(-c2ccc(N(C)C#N)nn2)ccc1F. The molecule has 18 heavy (non-hydrogen) atoms. The average molecular weight is 242 g/mol. The Balaban J connectivity index is 2.35. The smallest absolute Gasteiger partial charge is 0.185 e. The molecule has 1 heterocycles. The first-order chi connectivity index (χ1) is 8.61. The summed E-state index contributed by atoms with van der Waals surface area (Å²) in [6.45, 7) is 1.70. The number of nitrogens with zero attached hydrogens (tertiary/aromatic N) is 4. The van der Waals surface area contributed by atoms with E-state index in [-0.39, 0.29) is 5.82 Å². The fourth-order valence-corrected chi connectivity index (χ4v) is 1.51. The van der Waals surface area contributed by atoms with Gasteiger partial charge in [-0.3, -0.25) is 4.90 Å². The summed E-state index contributed by atoms with van der Waals surface area (Å²) in [6.07, 6.45) is 1.94. The predicted molar refractivity (Wildman–Crippen MR) is 66.2 cm³/mol. The molecule has 0 saturated heterocycles. The zero-order chi connectivity index (χ0) is 13.1. The summed E-state index contributed by atoms with van der Waals surface area (Å²) in [7, 11) is 1.60. The molecular formula is C13H11FN4. The highest BCUT2D eigenvalue weighted by atomic mass is 19.1. The maximum absolute atomic E-state index is 13.2. The minimum Gasteiger partial charge on any atom is -0.265 e. The molecule has 4 nitrogen and oxygen atoms in total. The van der Waals surface area contributed by atoms with E-state index >= 15 is 0 Å². The van der Waals surface area contributed by atoms with Crippen molar-refractivity contribution in [3.63, 3.8) is 0 Å². The molecule has 0 spiro atoms. The number of rotatable bonds is 2. The number of nitriles is 1. The summed E-state index contributed by atoms with van der Waals surface area (Å²) in [5.74, 6) is 0.229. The first-order valence-electron chi connectivity index (χ1n) is 5.35. The molecule has 0 saturated carbocycles. The standard InChI is InChI=1S/C13H11FN4/c1-9-7-10(3-4-11(9)14)12-5-6-13(17-16-12)18(2)8-15/h3-7H,1-2H3. The van der Waals surface area contributed by atoms with Gasteiger partial charge in [0.15, 0.2) is 12.0 Å². The first kappa shape index (κ1) is 12.0. The molecule has 0 unspecified atom stereocenters. The van der Waals surface area contributed by atoms with Crippen LogP contribution < -0.4 is 4.90 Å². The van der Waals surface area contributed by atoms with E-state index in [2.05, 4.69) is 10.2 Å². The zero-order valence-corrected chi connectivity index (χ0v) is 10.1. The number of benzene rings is 1. The molecule has 5 heteroatoms. The summed E-state index contributed by atoms with van der Waals surface area (Å²) in [5.41, 5.74) is 2.01. The van der Waals surface area contributed by atoms with Crippen molar-refractivity contribution < 1.29 is 4.39 Å². The van der Waals surface area contributed by atoms with Gasteiger partial charge in [-0.2, -0.15) is 5.26 Å². The Morgan fingerprint density at radius 1 is 1.22 bits per heavy atom. The topological polar surface area (TPSA) is 52.8 Å². The van der Waals surface area contributed by atoms with Crippen LogP contribution >= 0.6 is 0 Å². The summed E-state index contributed by atoms with van der Waals surface area (Å²) in [5, 5.41) is 16.7. The highest BCUT2D eigenvalue weighted by molar-refractivity contribution is 5.61. The third-order valence-electron chi connectivity index (χ3n) is 2.60. The van der Waals surface area contributed by atoms with Crippen LogP contribution in [0.4, 0.5) is 10.2 Å². The lowest BCUT2D eigenvalue weighted by molar-refractivity contribution is 0.618. The van der Waals surface area contributed by atoms with Crippen LogP contribution in [0, 0.1) is 24.2 Å². The third kappa shape index (κ3) is 2.28. The molecule has 1 aromatic carbocycles. The van der Waals surface area contributed by atoms with Crippen LogP contribution in [0.3, 0.4) is 0 Å². The highest BCUT2D eigenvalue weighted by Gasteiger charge is 2.05. The monoisotopic (exact) mass is 242 g/mol. The Kier molecular flexibility index (Phi) is 3.20. The Labute approximate surface area is 104 Å². The van der Waals surface area contributed by atoms with Crippen molar-refractivity contribution in [1.82, 2.24) is 10.2 Å². The van der Waals surface area contributed by atoms with Gasteiger partial charge in [-0.1, -0.05) is 0 Å². The summed E-state index contributed by atoms with van der Waals surface area (Å²) in [6, 6.07) is 8.22. The van der Waals surface area contributed by atoms with Crippen LogP contribution in [-0.2, 0) is 0 Å². The third-order valence-corrected chi connectivity index (χ3v) is 2.60.